The first-order chi connectivity index (χ1) is 9.26. The van der Waals surface area contributed by atoms with Crippen LogP contribution in [0.2, 0.25) is 0 Å². The normalized spacial score (nSPS) is 9.79. The van der Waals surface area contributed by atoms with Crippen molar-refractivity contribution < 1.29 is 9.90 Å². The van der Waals surface area contributed by atoms with Gasteiger partial charge in [-0.2, -0.15) is 0 Å². The van der Waals surface area contributed by atoms with Gasteiger partial charge < -0.3 is 10.4 Å². The molecule has 0 aliphatic carbocycles. The number of aliphatic hydroxyl groups is 1. The van der Waals surface area contributed by atoms with E-state index in [0.29, 0.717) is 13.0 Å². The molecule has 0 aliphatic heterocycles. The van der Waals surface area contributed by atoms with E-state index in [4.69, 9.17) is 5.11 Å². The quantitative estimate of drug-likeness (QED) is 0.595. The molecule has 2 N–H and O–H groups in total. The van der Waals surface area contributed by atoms with Crippen molar-refractivity contribution in [3.05, 3.63) is 21.9 Å². The lowest BCUT2D eigenvalue weighted by molar-refractivity contribution is -0.121. The van der Waals surface area contributed by atoms with Gasteiger partial charge in [-0.15, -0.1) is 11.3 Å². The van der Waals surface area contributed by atoms with E-state index in [-0.39, 0.29) is 12.5 Å². The van der Waals surface area contributed by atoms with Crippen LogP contribution in [0.5, 0.6) is 0 Å². The Hall–Kier alpha value is -1.31. The standard InChI is InChI=1S/C15H21NO2S/c1-2-3-4-5-8-15(18)16-11-14-10-13(12-19-14)7-6-9-17/h10,12,17H,2-5,8-9,11H2,1H3,(H,16,18). The molecule has 19 heavy (non-hydrogen) atoms. The molecule has 0 aliphatic rings. The summed E-state index contributed by atoms with van der Waals surface area (Å²) in [6.45, 7) is 2.60. The van der Waals surface area contributed by atoms with Gasteiger partial charge in [-0.05, 0) is 12.5 Å². The molecule has 3 nitrogen and oxygen atoms in total. The van der Waals surface area contributed by atoms with Gasteiger partial charge in [-0.1, -0.05) is 38.0 Å². The maximum absolute atomic E-state index is 11.6. The summed E-state index contributed by atoms with van der Waals surface area (Å²) in [4.78, 5) is 12.7. The number of amides is 1. The molecule has 1 rings (SSSR count). The van der Waals surface area contributed by atoms with Gasteiger partial charge in [0.05, 0.1) is 6.54 Å². The van der Waals surface area contributed by atoms with Crippen LogP contribution in [-0.4, -0.2) is 17.6 Å². The van der Waals surface area contributed by atoms with E-state index in [1.165, 1.54) is 12.8 Å². The molecule has 0 saturated carbocycles. The summed E-state index contributed by atoms with van der Waals surface area (Å²) in [5.41, 5.74) is 0.895. The first-order valence-electron chi connectivity index (χ1n) is 6.70. The van der Waals surface area contributed by atoms with Gasteiger partial charge in [0.1, 0.15) is 6.61 Å². The Morgan fingerprint density at radius 1 is 1.42 bits per heavy atom. The Labute approximate surface area is 119 Å². The Balaban J connectivity index is 2.24. The van der Waals surface area contributed by atoms with E-state index in [1.54, 1.807) is 11.3 Å². The van der Waals surface area contributed by atoms with Crippen molar-refractivity contribution in [2.24, 2.45) is 0 Å². The second-order valence-corrected chi connectivity index (χ2v) is 5.34. The summed E-state index contributed by atoms with van der Waals surface area (Å²) in [7, 11) is 0. The van der Waals surface area contributed by atoms with Crippen molar-refractivity contribution in [3.63, 3.8) is 0 Å². The van der Waals surface area contributed by atoms with Gasteiger partial charge >= 0.3 is 0 Å². The fraction of sp³-hybridized carbons (Fsp3) is 0.533. The molecule has 0 saturated heterocycles. The largest absolute Gasteiger partial charge is 0.384 e. The molecule has 0 bridgehead atoms. The lowest BCUT2D eigenvalue weighted by Crippen LogP contribution is -2.21. The van der Waals surface area contributed by atoms with Crippen molar-refractivity contribution in [1.82, 2.24) is 5.32 Å². The molecule has 1 aromatic heterocycles. The van der Waals surface area contributed by atoms with Crippen molar-refractivity contribution in [1.29, 1.82) is 0 Å². The number of carbonyl (C=O) groups is 1. The van der Waals surface area contributed by atoms with Crippen LogP contribution in [0.3, 0.4) is 0 Å². The van der Waals surface area contributed by atoms with Gasteiger partial charge in [-0.25, -0.2) is 0 Å². The monoisotopic (exact) mass is 279 g/mol. The van der Waals surface area contributed by atoms with Crippen LogP contribution < -0.4 is 5.32 Å². The molecule has 0 radical (unpaired) electrons. The third kappa shape index (κ3) is 7.00. The number of rotatable bonds is 7. The number of carbonyl (C=O) groups excluding carboxylic acids is 1. The highest BCUT2D eigenvalue weighted by atomic mass is 32.1. The molecule has 1 heterocycles. The molecule has 0 unspecified atom stereocenters. The minimum Gasteiger partial charge on any atom is -0.384 e. The molecule has 4 heteroatoms. The second kappa shape index (κ2) is 9.60. The number of unbranched alkanes of at least 4 members (excludes halogenated alkanes) is 3. The van der Waals surface area contributed by atoms with Crippen LogP contribution in [-0.2, 0) is 11.3 Å². The SMILES string of the molecule is CCCCCCC(=O)NCc1cc(C#CCO)cs1. The van der Waals surface area contributed by atoms with E-state index < -0.39 is 0 Å². The highest BCUT2D eigenvalue weighted by molar-refractivity contribution is 7.10. The molecule has 104 valence electrons. The summed E-state index contributed by atoms with van der Waals surface area (Å²) in [5.74, 6) is 5.57. The van der Waals surface area contributed by atoms with Crippen molar-refractivity contribution >= 4 is 17.2 Å². The van der Waals surface area contributed by atoms with Crippen LogP contribution in [0.15, 0.2) is 11.4 Å². The van der Waals surface area contributed by atoms with E-state index in [1.807, 2.05) is 11.4 Å². The molecule has 1 aromatic rings. The summed E-state index contributed by atoms with van der Waals surface area (Å²) in [5, 5.41) is 13.5. The topological polar surface area (TPSA) is 49.3 Å². The van der Waals surface area contributed by atoms with E-state index in [2.05, 4.69) is 24.1 Å². The fourth-order valence-corrected chi connectivity index (χ4v) is 2.42. The van der Waals surface area contributed by atoms with Crippen molar-refractivity contribution in [2.45, 2.75) is 45.6 Å². The minimum absolute atomic E-state index is 0.118. The first-order valence-corrected chi connectivity index (χ1v) is 7.58. The van der Waals surface area contributed by atoms with Gasteiger partial charge in [-0.3, -0.25) is 4.79 Å². The average molecular weight is 279 g/mol. The van der Waals surface area contributed by atoms with Crippen molar-refractivity contribution in [3.8, 4) is 11.8 Å². The lowest BCUT2D eigenvalue weighted by Gasteiger charge is -2.03. The minimum atomic E-state index is -0.125. The number of nitrogens with one attached hydrogen (secondary N) is 1. The molecular weight excluding hydrogens is 258 g/mol. The maximum atomic E-state index is 11.6. The Morgan fingerprint density at radius 2 is 2.26 bits per heavy atom. The molecule has 1 amide bonds. The predicted molar refractivity (Wildman–Crippen MR) is 78.9 cm³/mol. The van der Waals surface area contributed by atoms with E-state index in [9.17, 15) is 4.79 Å². The lowest BCUT2D eigenvalue weighted by atomic mass is 10.1. The average Bonchev–Trinajstić information content (AvgIpc) is 2.87. The van der Waals surface area contributed by atoms with Crippen molar-refractivity contribution in [2.75, 3.05) is 6.61 Å². The van der Waals surface area contributed by atoms with Gasteiger partial charge in [0.2, 0.25) is 5.91 Å². The zero-order valence-electron chi connectivity index (χ0n) is 11.4. The zero-order valence-corrected chi connectivity index (χ0v) is 12.2. The number of hydrogen-bond donors (Lipinski definition) is 2. The smallest absolute Gasteiger partial charge is 0.220 e. The fourth-order valence-electron chi connectivity index (χ4n) is 1.67. The van der Waals surface area contributed by atoms with Crippen LogP contribution in [0, 0.1) is 11.8 Å². The Kier molecular flexibility index (Phi) is 7.95. The number of thiophene rings is 1. The number of aliphatic hydroxyl groups excluding tert-OH is 1. The zero-order chi connectivity index (χ0) is 13.9. The maximum Gasteiger partial charge on any atom is 0.220 e. The second-order valence-electron chi connectivity index (χ2n) is 4.35. The van der Waals surface area contributed by atoms with Crippen LogP contribution in [0.1, 0.15) is 49.5 Å². The Morgan fingerprint density at radius 3 is 3.00 bits per heavy atom. The summed E-state index contributed by atoms with van der Waals surface area (Å²) in [6.07, 6.45) is 5.10. The molecule has 0 atom stereocenters. The predicted octanol–water partition coefficient (Wildman–Crippen LogP) is 2.68. The third-order valence-electron chi connectivity index (χ3n) is 2.68. The van der Waals surface area contributed by atoms with Crippen LogP contribution >= 0.6 is 11.3 Å². The summed E-state index contributed by atoms with van der Waals surface area (Å²) < 4.78 is 0. The van der Waals surface area contributed by atoms with Crippen LogP contribution in [0.4, 0.5) is 0 Å². The van der Waals surface area contributed by atoms with Gasteiger partial charge in [0.15, 0.2) is 0 Å². The molecule has 0 fully saturated rings. The molecule has 0 aromatic carbocycles. The van der Waals surface area contributed by atoms with Gasteiger partial charge in [0, 0.05) is 22.2 Å². The van der Waals surface area contributed by atoms with E-state index in [0.717, 1.165) is 23.3 Å². The van der Waals surface area contributed by atoms with Crippen LogP contribution in [0.25, 0.3) is 0 Å². The summed E-state index contributed by atoms with van der Waals surface area (Å²) in [6, 6.07) is 1.95. The summed E-state index contributed by atoms with van der Waals surface area (Å²) >= 11 is 1.58. The highest BCUT2D eigenvalue weighted by Crippen LogP contribution is 2.13. The van der Waals surface area contributed by atoms with Gasteiger partial charge in [0.25, 0.3) is 0 Å². The molecule has 0 spiro atoms. The number of hydrogen-bond acceptors (Lipinski definition) is 3. The third-order valence-corrected chi connectivity index (χ3v) is 3.62. The molecular formula is C15H21NO2S. The highest BCUT2D eigenvalue weighted by Gasteiger charge is 2.02. The van der Waals surface area contributed by atoms with E-state index >= 15 is 0 Å². The first kappa shape index (κ1) is 15.7. The Bertz CT molecular complexity index is 442.